The molecule has 6 aromatic rings. The van der Waals surface area contributed by atoms with E-state index < -0.39 is 0 Å². The van der Waals surface area contributed by atoms with Gasteiger partial charge in [0.25, 0.3) is 0 Å². The first kappa shape index (κ1) is 19.7. The van der Waals surface area contributed by atoms with Gasteiger partial charge in [-0.25, -0.2) is 0 Å². The van der Waals surface area contributed by atoms with Crippen LogP contribution in [0.5, 0.6) is 0 Å². The molecular formula is C22H22N8S2. The number of benzene rings is 2. The molecule has 10 heteroatoms. The number of aryl methyl sites for hydroxylation is 2. The van der Waals surface area contributed by atoms with Gasteiger partial charge in [0, 0.05) is 24.6 Å². The van der Waals surface area contributed by atoms with Gasteiger partial charge in [-0.1, -0.05) is 47.8 Å². The van der Waals surface area contributed by atoms with Gasteiger partial charge in [0.15, 0.2) is 10.3 Å². The molecule has 0 spiro atoms. The Morgan fingerprint density at radius 2 is 1.00 bits per heavy atom. The van der Waals surface area contributed by atoms with Crippen molar-refractivity contribution in [1.82, 2.24) is 38.3 Å². The number of hydrogen-bond donors (Lipinski definition) is 0. The second kappa shape index (κ2) is 7.86. The lowest BCUT2D eigenvalue weighted by atomic mass is 10.3. The Kier molecular flexibility index (Phi) is 4.83. The predicted octanol–water partition coefficient (Wildman–Crippen LogP) is 4.61. The van der Waals surface area contributed by atoms with Gasteiger partial charge in [0.2, 0.25) is 11.6 Å². The van der Waals surface area contributed by atoms with E-state index in [1.807, 2.05) is 0 Å². The maximum Gasteiger partial charge on any atom is 0.237 e. The fourth-order valence-corrected chi connectivity index (χ4v) is 6.20. The Balaban J connectivity index is 1.25. The summed E-state index contributed by atoms with van der Waals surface area (Å²) in [7, 11) is 0. The first-order valence-corrected chi connectivity index (χ1v) is 12.7. The van der Waals surface area contributed by atoms with Gasteiger partial charge in [-0.05, 0) is 38.1 Å². The third kappa shape index (κ3) is 2.86. The molecule has 0 bridgehead atoms. The van der Waals surface area contributed by atoms with E-state index >= 15 is 0 Å². The monoisotopic (exact) mass is 462 g/mol. The molecule has 0 amide bonds. The molecule has 2 aromatic carbocycles. The zero-order valence-corrected chi connectivity index (χ0v) is 19.5. The second-order valence-corrected chi connectivity index (χ2v) is 9.52. The maximum atomic E-state index is 4.46. The molecule has 6 rings (SSSR count). The summed E-state index contributed by atoms with van der Waals surface area (Å²) in [6.45, 7) is 6.01. The maximum absolute atomic E-state index is 4.46. The lowest BCUT2D eigenvalue weighted by Crippen LogP contribution is -1.94. The van der Waals surface area contributed by atoms with Gasteiger partial charge in [0.05, 0.1) is 22.1 Å². The summed E-state index contributed by atoms with van der Waals surface area (Å²) in [6.07, 6.45) is 0. The van der Waals surface area contributed by atoms with Crippen molar-refractivity contribution in [3.8, 4) is 0 Å². The van der Waals surface area contributed by atoms with Crippen LogP contribution in [0.2, 0.25) is 0 Å². The minimum atomic E-state index is 0.865. The number of imidazole rings is 2. The highest BCUT2D eigenvalue weighted by Gasteiger charge is 2.18. The average Bonchev–Trinajstić information content (AvgIpc) is 3.56. The Morgan fingerprint density at radius 3 is 1.41 bits per heavy atom. The van der Waals surface area contributed by atoms with E-state index in [4.69, 9.17) is 0 Å². The molecule has 0 saturated heterocycles. The highest BCUT2D eigenvalue weighted by atomic mass is 32.2. The number of hydrogen-bond acceptors (Lipinski definition) is 6. The van der Waals surface area contributed by atoms with Crippen molar-refractivity contribution in [2.24, 2.45) is 0 Å². The molecule has 0 saturated carbocycles. The molecule has 0 fully saturated rings. The Morgan fingerprint density at radius 1 is 0.594 bits per heavy atom. The van der Waals surface area contributed by atoms with Crippen molar-refractivity contribution in [3.63, 3.8) is 0 Å². The summed E-state index contributed by atoms with van der Waals surface area (Å²) >= 11 is 3.46. The summed E-state index contributed by atoms with van der Waals surface area (Å²) in [5.74, 6) is 3.60. The van der Waals surface area contributed by atoms with Crippen LogP contribution in [0.25, 0.3) is 33.6 Å². The molecule has 0 aliphatic heterocycles. The molecular weight excluding hydrogens is 440 g/mol. The minimum absolute atomic E-state index is 0.865. The Bertz CT molecular complexity index is 1450. The third-order valence-electron chi connectivity index (χ3n) is 5.72. The average molecular weight is 463 g/mol. The van der Waals surface area contributed by atoms with Crippen LogP contribution in [-0.2, 0) is 13.1 Å². The van der Waals surface area contributed by atoms with E-state index in [9.17, 15) is 0 Å². The van der Waals surface area contributed by atoms with Gasteiger partial charge in [0.1, 0.15) is 0 Å². The summed E-state index contributed by atoms with van der Waals surface area (Å²) in [4.78, 5) is 0. The number of thioether (sulfide) groups is 2. The van der Waals surface area contributed by atoms with Gasteiger partial charge < -0.3 is 9.13 Å². The summed E-state index contributed by atoms with van der Waals surface area (Å²) < 4.78 is 8.74. The second-order valence-electron chi connectivity index (χ2n) is 7.40. The van der Waals surface area contributed by atoms with E-state index in [0.29, 0.717) is 0 Å². The molecule has 0 unspecified atom stereocenters. The molecule has 32 heavy (non-hydrogen) atoms. The molecule has 162 valence electrons. The van der Waals surface area contributed by atoms with Crippen LogP contribution in [0.3, 0.4) is 0 Å². The molecule has 0 radical (unpaired) electrons. The Labute approximate surface area is 192 Å². The topological polar surface area (TPSA) is 70.2 Å². The number of aromatic nitrogens is 8. The summed E-state index contributed by atoms with van der Waals surface area (Å²) in [5, 5.41) is 19.7. The molecule has 0 N–H and O–H groups in total. The largest absolute Gasteiger partial charge is 0.309 e. The summed E-state index contributed by atoms with van der Waals surface area (Å²) in [6, 6.07) is 16.8. The van der Waals surface area contributed by atoms with Crippen LogP contribution in [0.4, 0.5) is 0 Å². The van der Waals surface area contributed by atoms with Crippen molar-refractivity contribution in [2.75, 3.05) is 11.5 Å². The third-order valence-corrected chi connectivity index (χ3v) is 7.84. The van der Waals surface area contributed by atoms with E-state index in [2.05, 4.69) is 101 Å². The van der Waals surface area contributed by atoms with Gasteiger partial charge in [-0.15, -0.1) is 20.4 Å². The Hall–Kier alpha value is -2.98. The van der Waals surface area contributed by atoms with E-state index in [1.54, 1.807) is 23.5 Å². The lowest BCUT2D eigenvalue weighted by molar-refractivity contribution is 0.802. The van der Waals surface area contributed by atoms with Crippen LogP contribution in [0.15, 0.2) is 58.8 Å². The molecule has 0 atom stereocenters. The molecule has 4 aromatic heterocycles. The van der Waals surface area contributed by atoms with E-state index in [-0.39, 0.29) is 0 Å². The SMILES string of the molecule is CCn1c2ccccc2n2c(SCCSc3nnc4n(CC)c5ccccc5n34)nnc12. The molecule has 4 heterocycles. The van der Waals surface area contributed by atoms with Crippen molar-refractivity contribution >= 4 is 57.1 Å². The van der Waals surface area contributed by atoms with Gasteiger partial charge >= 0.3 is 0 Å². The summed E-state index contributed by atoms with van der Waals surface area (Å²) in [5.41, 5.74) is 4.68. The van der Waals surface area contributed by atoms with Crippen molar-refractivity contribution in [3.05, 3.63) is 48.5 Å². The smallest absolute Gasteiger partial charge is 0.237 e. The normalized spacial score (nSPS) is 12.2. The van der Waals surface area contributed by atoms with E-state index in [1.165, 1.54) is 11.0 Å². The zero-order valence-electron chi connectivity index (χ0n) is 17.8. The predicted molar refractivity (Wildman–Crippen MR) is 130 cm³/mol. The van der Waals surface area contributed by atoms with Crippen LogP contribution >= 0.6 is 23.5 Å². The van der Waals surface area contributed by atoms with Crippen molar-refractivity contribution < 1.29 is 0 Å². The number of para-hydroxylation sites is 4. The van der Waals surface area contributed by atoms with Crippen LogP contribution in [0.1, 0.15) is 13.8 Å². The van der Waals surface area contributed by atoms with Crippen molar-refractivity contribution in [2.45, 2.75) is 37.2 Å². The number of rotatable bonds is 7. The van der Waals surface area contributed by atoms with Crippen LogP contribution in [-0.4, -0.2) is 49.8 Å². The minimum Gasteiger partial charge on any atom is -0.309 e. The standard InChI is InChI=1S/C22H22N8S2/c1-3-27-15-9-5-7-11-17(15)29-19(27)23-25-21(29)31-13-14-32-22-26-24-20-28(4-2)16-10-6-8-12-18(16)30(20)22/h5-12H,3-4,13-14H2,1-2H3. The quantitative estimate of drug-likeness (QED) is 0.255. The van der Waals surface area contributed by atoms with Crippen LogP contribution in [0, 0.1) is 0 Å². The zero-order chi connectivity index (χ0) is 21.7. The first-order valence-electron chi connectivity index (χ1n) is 10.7. The van der Waals surface area contributed by atoms with Gasteiger partial charge in [-0.3, -0.25) is 8.80 Å². The molecule has 0 aliphatic carbocycles. The molecule has 8 nitrogen and oxygen atoms in total. The fraction of sp³-hybridized carbons (Fsp3) is 0.273. The fourth-order valence-electron chi connectivity index (χ4n) is 4.35. The van der Waals surface area contributed by atoms with Crippen LogP contribution < -0.4 is 0 Å². The lowest BCUT2D eigenvalue weighted by Gasteiger charge is -2.00. The van der Waals surface area contributed by atoms with E-state index in [0.717, 1.165) is 57.5 Å². The molecule has 0 aliphatic rings. The first-order chi connectivity index (χ1) is 15.8. The highest BCUT2D eigenvalue weighted by Crippen LogP contribution is 2.29. The highest BCUT2D eigenvalue weighted by molar-refractivity contribution is 8.02. The number of fused-ring (bicyclic) bond motifs is 6. The van der Waals surface area contributed by atoms with Gasteiger partial charge in [-0.2, -0.15) is 0 Å². The van der Waals surface area contributed by atoms with Crippen molar-refractivity contribution in [1.29, 1.82) is 0 Å². The number of nitrogens with zero attached hydrogens (tertiary/aromatic N) is 8.